The lowest BCUT2D eigenvalue weighted by molar-refractivity contribution is -0.113. The molecule has 7 heteroatoms. The van der Waals surface area contributed by atoms with Gasteiger partial charge >= 0.3 is 0 Å². The van der Waals surface area contributed by atoms with Gasteiger partial charge in [-0.3, -0.25) is 9.36 Å². The van der Waals surface area contributed by atoms with Crippen LogP contribution in [0.25, 0.3) is 11.4 Å². The third-order valence-corrected chi connectivity index (χ3v) is 5.62. The zero-order valence-corrected chi connectivity index (χ0v) is 18.0. The van der Waals surface area contributed by atoms with Crippen LogP contribution in [0.3, 0.4) is 0 Å². The molecular formula is C22H26N4O2S. The molecule has 0 spiro atoms. The lowest BCUT2D eigenvalue weighted by Gasteiger charge is -2.16. The normalized spacial score (nSPS) is 11.1. The fraction of sp³-hybridized carbons (Fsp3) is 0.318. The summed E-state index contributed by atoms with van der Waals surface area (Å²) in [5.74, 6) is 1.98. The van der Waals surface area contributed by atoms with E-state index >= 15 is 0 Å². The number of nitrogens with zero attached hydrogens (tertiary/aromatic N) is 3. The summed E-state index contributed by atoms with van der Waals surface area (Å²) in [4.78, 5) is 12.6. The number of aromatic nitrogens is 3. The van der Waals surface area contributed by atoms with Crippen molar-refractivity contribution in [1.29, 1.82) is 0 Å². The molecule has 0 atom stereocenters. The van der Waals surface area contributed by atoms with Crippen molar-refractivity contribution in [2.45, 2.75) is 45.3 Å². The molecular weight excluding hydrogens is 384 g/mol. The monoisotopic (exact) mass is 410 g/mol. The second-order valence-electron chi connectivity index (χ2n) is 7.13. The zero-order chi connectivity index (χ0) is 21.0. The van der Waals surface area contributed by atoms with Crippen molar-refractivity contribution < 1.29 is 9.21 Å². The minimum absolute atomic E-state index is 0.0691. The predicted octanol–water partition coefficient (Wildman–Crippen LogP) is 5.20. The van der Waals surface area contributed by atoms with Crippen molar-refractivity contribution in [2.75, 3.05) is 11.1 Å². The molecule has 1 aromatic carbocycles. The topological polar surface area (TPSA) is 73.0 Å². The second kappa shape index (κ2) is 9.13. The fourth-order valence-electron chi connectivity index (χ4n) is 3.15. The maximum Gasteiger partial charge on any atom is 0.234 e. The number of rotatable bonds is 8. The number of carbonyl (C=O) groups is 1. The van der Waals surface area contributed by atoms with E-state index in [0.717, 1.165) is 28.1 Å². The number of benzene rings is 1. The molecule has 0 aliphatic carbocycles. The maximum atomic E-state index is 12.6. The van der Waals surface area contributed by atoms with E-state index in [4.69, 9.17) is 4.42 Å². The Kier molecular flexibility index (Phi) is 6.59. The van der Waals surface area contributed by atoms with Crippen LogP contribution in [0.1, 0.15) is 36.7 Å². The summed E-state index contributed by atoms with van der Waals surface area (Å²) < 4.78 is 7.33. The Bertz CT molecular complexity index is 1020. The summed E-state index contributed by atoms with van der Waals surface area (Å²) in [7, 11) is 0. The molecule has 0 radical (unpaired) electrons. The Morgan fingerprint density at radius 2 is 2.10 bits per heavy atom. The van der Waals surface area contributed by atoms with Gasteiger partial charge in [-0.25, -0.2) is 0 Å². The highest BCUT2D eigenvalue weighted by molar-refractivity contribution is 7.99. The van der Waals surface area contributed by atoms with Crippen molar-refractivity contribution in [2.24, 2.45) is 0 Å². The van der Waals surface area contributed by atoms with Gasteiger partial charge in [0.2, 0.25) is 5.91 Å². The van der Waals surface area contributed by atoms with Gasteiger partial charge in [-0.15, -0.1) is 16.8 Å². The minimum Gasteiger partial charge on any atom is -0.469 e. The van der Waals surface area contributed by atoms with E-state index in [-0.39, 0.29) is 11.7 Å². The first-order valence-corrected chi connectivity index (χ1v) is 10.5. The lowest BCUT2D eigenvalue weighted by Crippen LogP contribution is -2.17. The van der Waals surface area contributed by atoms with E-state index in [1.807, 2.05) is 36.6 Å². The Morgan fingerprint density at radius 3 is 2.76 bits per heavy atom. The summed E-state index contributed by atoms with van der Waals surface area (Å²) in [6.45, 7) is 12.5. The Morgan fingerprint density at radius 1 is 1.31 bits per heavy atom. The van der Waals surface area contributed by atoms with Crippen molar-refractivity contribution in [1.82, 2.24) is 14.8 Å². The molecule has 1 N–H and O–H groups in total. The second-order valence-corrected chi connectivity index (χ2v) is 8.07. The maximum absolute atomic E-state index is 12.6. The first-order chi connectivity index (χ1) is 13.9. The van der Waals surface area contributed by atoms with E-state index in [0.29, 0.717) is 23.4 Å². The number of furan rings is 1. The number of amides is 1. The number of aryl methyl sites for hydroxylation is 2. The van der Waals surface area contributed by atoms with Crippen LogP contribution >= 0.6 is 11.8 Å². The highest BCUT2D eigenvalue weighted by Gasteiger charge is 2.18. The van der Waals surface area contributed by atoms with Gasteiger partial charge < -0.3 is 9.73 Å². The summed E-state index contributed by atoms with van der Waals surface area (Å²) in [5.41, 5.74) is 3.98. The van der Waals surface area contributed by atoms with E-state index in [2.05, 4.69) is 42.0 Å². The molecule has 1 amide bonds. The van der Waals surface area contributed by atoms with Gasteiger partial charge in [0.15, 0.2) is 11.0 Å². The molecule has 2 heterocycles. The molecule has 2 aromatic heterocycles. The number of anilines is 1. The molecule has 3 aromatic rings. The molecule has 0 aliphatic rings. The van der Waals surface area contributed by atoms with Crippen molar-refractivity contribution in [3.63, 3.8) is 0 Å². The number of hydrogen-bond acceptors (Lipinski definition) is 5. The smallest absolute Gasteiger partial charge is 0.234 e. The average molecular weight is 411 g/mol. The highest BCUT2D eigenvalue weighted by Crippen LogP contribution is 2.29. The first-order valence-electron chi connectivity index (χ1n) is 9.53. The molecule has 29 heavy (non-hydrogen) atoms. The number of hydrogen-bond donors (Lipinski definition) is 1. The third kappa shape index (κ3) is 4.62. The molecule has 0 saturated carbocycles. The van der Waals surface area contributed by atoms with Gasteiger partial charge in [0.1, 0.15) is 5.76 Å². The van der Waals surface area contributed by atoms with Crippen LogP contribution in [0.15, 0.2) is 52.8 Å². The lowest BCUT2D eigenvalue weighted by atomic mass is 9.98. The first kappa shape index (κ1) is 20.9. The van der Waals surface area contributed by atoms with E-state index in [1.165, 1.54) is 11.8 Å². The van der Waals surface area contributed by atoms with Gasteiger partial charge in [0.05, 0.1) is 17.6 Å². The predicted molar refractivity (Wildman–Crippen MR) is 117 cm³/mol. The molecule has 152 valence electrons. The van der Waals surface area contributed by atoms with Gasteiger partial charge in [0.25, 0.3) is 0 Å². The van der Waals surface area contributed by atoms with E-state index in [9.17, 15) is 4.79 Å². The van der Waals surface area contributed by atoms with Crippen LogP contribution in [0.5, 0.6) is 0 Å². The SMILES string of the molecule is C=CCn1c(SCC(=O)Nc2c(C)cccc2C(C)C)nnc1-c1ccoc1C. The van der Waals surface area contributed by atoms with Crippen LogP contribution in [-0.2, 0) is 11.3 Å². The van der Waals surface area contributed by atoms with E-state index in [1.54, 1.807) is 12.3 Å². The molecule has 0 aliphatic heterocycles. The van der Waals surface area contributed by atoms with Crippen LogP contribution < -0.4 is 5.32 Å². The number of carbonyl (C=O) groups excluding carboxylic acids is 1. The van der Waals surface area contributed by atoms with E-state index < -0.39 is 0 Å². The van der Waals surface area contributed by atoms with Crippen molar-refractivity contribution in [3.8, 4) is 11.4 Å². The minimum atomic E-state index is -0.0691. The van der Waals surface area contributed by atoms with Crippen molar-refractivity contribution in [3.05, 3.63) is 60.1 Å². The average Bonchev–Trinajstić information content (AvgIpc) is 3.27. The zero-order valence-electron chi connectivity index (χ0n) is 17.2. The van der Waals surface area contributed by atoms with Gasteiger partial charge in [0, 0.05) is 12.2 Å². The number of thioether (sulfide) groups is 1. The van der Waals surface area contributed by atoms with Gasteiger partial charge in [-0.05, 0) is 37.0 Å². The van der Waals surface area contributed by atoms with Gasteiger partial charge in [-0.1, -0.05) is 49.9 Å². The van der Waals surface area contributed by atoms with Crippen LogP contribution in [0.2, 0.25) is 0 Å². The van der Waals surface area contributed by atoms with Crippen molar-refractivity contribution >= 4 is 23.4 Å². The van der Waals surface area contributed by atoms with Crippen LogP contribution in [0.4, 0.5) is 5.69 Å². The molecule has 0 saturated heterocycles. The Labute approximate surface area is 175 Å². The number of nitrogens with one attached hydrogen (secondary N) is 1. The molecule has 0 bridgehead atoms. The number of allylic oxidation sites excluding steroid dienone is 1. The number of para-hydroxylation sites is 1. The fourth-order valence-corrected chi connectivity index (χ4v) is 3.90. The third-order valence-electron chi connectivity index (χ3n) is 4.65. The Balaban J connectivity index is 1.75. The summed E-state index contributed by atoms with van der Waals surface area (Å²) in [5, 5.41) is 12.3. The largest absolute Gasteiger partial charge is 0.469 e. The van der Waals surface area contributed by atoms with Gasteiger partial charge in [-0.2, -0.15) is 0 Å². The molecule has 3 rings (SSSR count). The molecule has 6 nitrogen and oxygen atoms in total. The Hall–Kier alpha value is -2.80. The quantitative estimate of drug-likeness (QED) is 0.408. The molecule has 0 fully saturated rings. The standard InChI is InChI=1S/C22H26N4O2S/c1-6-11-26-21(18-10-12-28-16(18)5)24-25-22(26)29-13-19(27)23-20-15(4)8-7-9-17(20)14(2)3/h6-10,12,14H,1,11,13H2,2-5H3,(H,23,27). The summed E-state index contributed by atoms with van der Waals surface area (Å²) in [6.07, 6.45) is 3.42. The highest BCUT2D eigenvalue weighted by atomic mass is 32.2. The summed E-state index contributed by atoms with van der Waals surface area (Å²) in [6, 6.07) is 7.95. The molecule has 0 unspecified atom stereocenters. The van der Waals surface area contributed by atoms with Crippen LogP contribution in [-0.4, -0.2) is 26.4 Å². The van der Waals surface area contributed by atoms with Crippen LogP contribution in [0, 0.1) is 13.8 Å². The summed E-state index contributed by atoms with van der Waals surface area (Å²) >= 11 is 1.36.